The molecule has 0 bridgehead atoms. The van der Waals surface area contributed by atoms with Gasteiger partial charge in [-0.2, -0.15) is 75.8 Å². The van der Waals surface area contributed by atoms with Crippen molar-refractivity contribution >= 4 is 205 Å². The Morgan fingerprint density at radius 3 is 1.20 bits per heavy atom. The molecule has 0 spiro atoms. The summed E-state index contributed by atoms with van der Waals surface area (Å²) in [7, 11) is 1.05. The maximum atomic E-state index is 14.6. The summed E-state index contributed by atoms with van der Waals surface area (Å²) < 4.78 is 0. The van der Waals surface area contributed by atoms with Crippen LogP contribution in [0.25, 0.3) is 10.9 Å². The standard InChI is InChI=1S/C67H104N26O23S6/c1-93(64(114)42(21-96)87-59(109)41(20-95)86-62(112)45(25-120)91-56(106)38(14-48(69)97)83-61(111)43(23-118)88-51(101)32(68)22-117)18-49(98)79-36(12-29-16-77-33-7-3-2-6-31(29)33)54(104)90-44(24-119)60(110)81-34(8-4-10-75-66(70)71)52(102)84-39(15-50(99)100)57(107)82-37(13-30-17-74-28-78-30)55(105)85-40(19-94)58(108)80-35(9-5-11-76-67(72)73)53(103)89-46(26-121)63(113)92-47(27-122)65(115)116/h2-3,6-7,16-17,28,32,34-47,77,94-96,117-122H,4-5,8-15,18-27,68H2,1H3,(H2,69,97)(H,74,78)(H,79,98)(H,80,108)(H,81,110)(H,82,107)(H,83,111)(H,84,102)(H,85,105)(H,86,112)(H,87,109)(H,88,101)(H,89,103)(H,90,104)(H,91,106)(H,92,113)(H,99,100)(H,115,116)(H4,70,71,75)(H4,72,73,76)/t32-,34-,35-,36-,37-,38-,39-,40-,41-,42-,43-,44-,45-,46-,47-/m0/s1. The number of carboxylic acids is 2. The third kappa shape index (κ3) is 35.9. The summed E-state index contributed by atoms with van der Waals surface area (Å²) in [5, 5.41) is 103. The number of hydrogen-bond donors (Lipinski definition) is 35. The van der Waals surface area contributed by atoms with Crippen LogP contribution in [-0.4, -0.2) is 335 Å². The van der Waals surface area contributed by atoms with Crippen LogP contribution in [0.15, 0.2) is 43.0 Å². The van der Waals surface area contributed by atoms with Crippen molar-refractivity contribution < 1.29 is 112 Å². The van der Waals surface area contributed by atoms with Crippen LogP contribution >= 0.6 is 75.8 Å². The Morgan fingerprint density at radius 2 is 0.803 bits per heavy atom. The number of aliphatic hydroxyl groups excluding tert-OH is 3. The van der Waals surface area contributed by atoms with Gasteiger partial charge >= 0.3 is 11.9 Å². The number of aliphatic carboxylic acids is 2. The summed E-state index contributed by atoms with van der Waals surface area (Å²) in [6.45, 7) is -4.62. The van der Waals surface area contributed by atoms with Gasteiger partial charge in [-0.3, -0.25) is 92.3 Å². The third-order valence-corrected chi connectivity index (χ3v) is 19.6. The quantitative estimate of drug-likeness (QED) is 0.0108. The maximum absolute atomic E-state index is 14.6. The van der Waals surface area contributed by atoms with Gasteiger partial charge in [0.15, 0.2) is 11.9 Å². The third-order valence-electron chi connectivity index (χ3n) is 17.4. The first kappa shape index (κ1) is 105. The van der Waals surface area contributed by atoms with Gasteiger partial charge in [0.05, 0.1) is 57.3 Å². The number of carbonyl (C=O) groups is 18. The Kier molecular flexibility index (Phi) is 46.8. The van der Waals surface area contributed by atoms with E-state index in [9.17, 15) is 112 Å². The highest BCUT2D eigenvalue weighted by molar-refractivity contribution is 7.81. The monoisotopic (exact) mass is 1830 g/mol. The molecule has 33 N–H and O–H groups in total. The number of likely N-dealkylation sites (N-methyl/N-ethyl adjacent to an activating group) is 1. The number of nitrogens with one attached hydrogen (secondary N) is 20. The smallest absolute Gasteiger partial charge is 0.327 e. The molecular weight excluding hydrogens is 1730 g/mol. The molecule has 0 aliphatic carbocycles. The van der Waals surface area contributed by atoms with Crippen LogP contribution in [0.3, 0.4) is 0 Å². The number of hydrogen-bond acceptors (Lipinski definition) is 31. The van der Waals surface area contributed by atoms with Gasteiger partial charge in [-0.15, -0.1) is 0 Å². The van der Waals surface area contributed by atoms with Crippen LogP contribution in [0.5, 0.6) is 0 Å². The van der Waals surface area contributed by atoms with Gasteiger partial charge in [-0.1, -0.05) is 18.2 Å². The number of carbonyl (C=O) groups excluding carboxylic acids is 16. The molecule has 15 atom stereocenters. The van der Waals surface area contributed by atoms with Crippen LogP contribution in [0.1, 0.15) is 49.8 Å². The molecule has 676 valence electrons. The fraction of sp³-hybridized carbons (Fsp3) is 0.537. The summed E-state index contributed by atoms with van der Waals surface area (Å²) in [4.78, 5) is 253. The zero-order valence-corrected chi connectivity index (χ0v) is 70.7. The number of carboxylic acid groups (broad SMARTS) is 2. The molecule has 0 aliphatic rings. The highest BCUT2D eigenvalue weighted by atomic mass is 32.1. The predicted molar refractivity (Wildman–Crippen MR) is 453 cm³/mol. The van der Waals surface area contributed by atoms with Gasteiger partial charge in [-0.25, -0.2) is 9.78 Å². The molecule has 2 aromatic heterocycles. The van der Waals surface area contributed by atoms with Crippen molar-refractivity contribution in [2.45, 2.75) is 142 Å². The van der Waals surface area contributed by atoms with Crippen LogP contribution < -0.4 is 108 Å². The zero-order valence-electron chi connectivity index (χ0n) is 65.3. The molecule has 0 saturated carbocycles. The van der Waals surface area contributed by atoms with E-state index in [1.807, 2.05) is 0 Å². The Labute approximate surface area is 728 Å². The van der Waals surface area contributed by atoms with Crippen molar-refractivity contribution in [1.82, 2.24) is 105 Å². The van der Waals surface area contributed by atoms with Crippen molar-refractivity contribution in [2.24, 2.45) is 22.9 Å². The molecule has 55 heteroatoms. The number of imidazole rings is 1. The molecule has 0 fully saturated rings. The van der Waals surface area contributed by atoms with E-state index in [0.29, 0.717) is 21.4 Å². The number of nitrogens with two attached hydrogens (primary N) is 4. The van der Waals surface area contributed by atoms with E-state index in [1.54, 1.807) is 24.3 Å². The van der Waals surface area contributed by atoms with E-state index in [1.165, 1.54) is 18.7 Å². The number of guanidine groups is 2. The van der Waals surface area contributed by atoms with E-state index in [0.717, 1.165) is 7.05 Å². The number of amides is 16. The lowest BCUT2D eigenvalue weighted by Crippen LogP contribution is -2.61. The number of nitrogens with zero attached hydrogens (tertiary/aromatic N) is 2. The van der Waals surface area contributed by atoms with E-state index >= 15 is 0 Å². The lowest BCUT2D eigenvalue weighted by molar-refractivity contribution is -0.142. The fourth-order valence-corrected chi connectivity index (χ4v) is 12.3. The number of thiol groups is 6. The lowest BCUT2D eigenvalue weighted by atomic mass is 10.0. The van der Waals surface area contributed by atoms with Gasteiger partial charge < -0.3 is 148 Å². The molecule has 0 unspecified atom stereocenters. The molecule has 3 rings (SSSR count). The second kappa shape index (κ2) is 54.3. The van der Waals surface area contributed by atoms with E-state index in [-0.39, 0.29) is 68.1 Å². The summed E-state index contributed by atoms with van der Waals surface area (Å²) in [6.07, 6.45) is 0.295. The SMILES string of the molecule is CN(CC(=O)N[C@@H](Cc1c[nH]c2ccccc12)C(=O)N[C@@H](CS)C(=O)N[C@@H](CCCNC(=N)N)C(=O)N[C@@H](CC(=O)O)C(=O)N[C@@H](Cc1c[nH]cn1)C(=O)N[C@@H](CO)C(=O)N[C@@H](CCCNC(=N)N)C(=O)N[C@@H](CS)C(=O)N[C@@H](CS)C(=O)O)C(=O)[C@H](CO)NC(=O)[C@H](CO)NC(=O)[C@H](CS)NC(=O)[C@H](CC(N)=O)NC(=O)[C@H](CS)NC(=O)[C@@H](N)CS. The minimum Gasteiger partial charge on any atom is -0.481 e. The van der Waals surface area contributed by atoms with Gasteiger partial charge in [0, 0.05) is 90.8 Å². The number of primary amides is 1. The van der Waals surface area contributed by atoms with Crippen LogP contribution in [0, 0.1) is 10.8 Å². The number of H-pyrrole nitrogens is 2. The molecule has 2 heterocycles. The molecule has 3 aromatic rings. The summed E-state index contributed by atoms with van der Waals surface area (Å²) in [5.41, 5.74) is 22.9. The molecule has 0 aliphatic heterocycles. The normalized spacial score (nSPS) is 14.7. The Hall–Kier alpha value is -11.1. The van der Waals surface area contributed by atoms with Crippen LogP contribution in [0.4, 0.5) is 0 Å². The van der Waals surface area contributed by atoms with Crippen molar-refractivity contribution in [3.63, 3.8) is 0 Å². The maximum Gasteiger partial charge on any atom is 0.327 e. The van der Waals surface area contributed by atoms with Crippen LogP contribution in [0.2, 0.25) is 0 Å². The lowest BCUT2D eigenvalue weighted by Gasteiger charge is -2.28. The summed E-state index contributed by atoms with van der Waals surface area (Å²) >= 11 is 24.3. The Morgan fingerprint density at radius 1 is 0.443 bits per heavy atom. The van der Waals surface area contributed by atoms with Gasteiger partial charge in [0.2, 0.25) is 94.5 Å². The molecule has 1 aromatic carbocycles. The van der Waals surface area contributed by atoms with Crippen molar-refractivity contribution in [3.05, 3.63) is 54.2 Å². The topological polar surface area (TPSA) is 800 Å². The fourth-order valence-electron chi connectivity index (χ4n) is 10.9. The number of aromatic nitrogens is 3. The Balaban J connectivity index is 1.90. The van der Waals surface area contributed by atoms with Gasteiger partial charge in [0.25, 0.3) is 0 Å². The highest BCUT2D eigenvalue weighted by Crippen LogP contribution is 2.20. The predicted octanol–water partition coefficient (Wildman–Crippen LogP) is -13.2. The molecule has 0 saturated heterocycles. The highest BCUT2D eigenvalue weighted by Gasteiger charge is 2.39. The number of aliphatic hydroxyl groups is 3. The zero-order chi connectivity index (χ0) is 91.6. The largest absolute Gasteiger partial charge is 0.481 e. The van der Waals surface area contributed by atoms with Gasteiger partial charge in [0.1, 0.15) is 84.6 Å². The molecule has 122 heavy (non-hydrogen) atoms. The summed E-state index contributed by atoms with van der Waals surface area (Å²) in [5.74, 6) is -24.6. The number of benzene rings is 1. The minimum atomic E-state index is -2.12. The van der Waals surface area contributed by atoms with Crippen molar-refractivity contribution in [1.29, 1.82) is 10.8 Å². The first-order chi connectivity index (χ1) is 57.7. The number of fused-ring (bicyclic) bond motifs is 1. The molecule has 49 nitrogen and oxygen atoms in total. The average molecular weight is 1830 g/mol. The second-order valence-corrected chi connectivity index (χ2v) is 29.0. The summed E-state index contributed by atoms with van der Waals surface area (Å²) in [6, 6.07) is -18.8. The van der Waals surface area contributed by atoms with E-state index in [4.69, 9.17) is 33.8 Å². The number of para-hydroxylation sites is 1. The van der Waals surface area contributed by atoms with E-state index in [2.05, 4.69) is 176 Å². The molecular formula is C67H104N26O23S6. The first-order valence-corrected chi connectivity index (χ1v) is 40.7. The molecule has 0 radical (unpaired) electrons. The first-order valence-electron chi connectivity index (χ1n) is 36.9. The van der Waals surface area contributed by atoms with E-state index < -0.39 is 272 Å². The van der Waals surface area contributed by atoms with Gasteiger partial charge in [-0.05, 0) is 37.3 Å². The average Bonchev–Trinajstić information content (AvgIpc) is 1.66. The second-order valence-electron chi connectivity index (χ2n) is 26.8. The van der Waals surface area contributed by atoms with Crippen molar-refractivity contribution in [3.8, 4) is 0 Å². The number of aromatic amines is 2. The van der Waals surface area contributed by atoms with Crippen molar-refractivity contribution in [2.75, 3.05) is 81.0 Å². The number of rotatable bonds is 56. The van der Waals surface area contributed by atoms with Crippen LogP contribution in [-0.2, 0) is 99.1 Å². The Bertz CT molecular complexity index is 4160. The molecule has 16 amide bonds. The minimum absolute atomic E-state index is 0.00687.